The molecule has 12 heavy (non-hydrogen) atoms. The predicted molar refractivity (Wildman–Crippen MR) is 50.3 cm³/mol. The lowest BCUT2D eigenvalue weighted by Crippen LogP contribution is -1.96. The minimum Gasteiger partial charge on any atom is -0.207 e. The molecule has 0 atom stereocenters. The van der Waals surface area contributed by atoms with Crippen molar-refractivity contribution in [2.45, 2.75) is 20.3 Å². The average Bonchev–Trinajstić information content (AvgIpc) is 1.96. The van der Waals surface area contributed by atoms with E-state index in [1.165, 1.54) is 0 Å². The van der Waals surface area contributed by atoms with Crippen LogP contribution in [-0.2, 0) is 6.42 Å². The highest BCUT2D eigenvalue weighted by molar-refractivity contribution is 6.18. The second kappa shape index (κ2) is 3.90. The minimum absolute atomic E-state index is 0.131. The van der Waals surface area contributed by atoms with E-state index >= 15 is 0 Å². The van der Waals surface area contributed by atoms with Gasteiger partial charge in [-0.2, -0.15) is 0 Å². The van der Waals surface area contributed by atoms with E-state index in [0.717, 1.165) is 16.7 Å². The molecule has 0 aliphatic rings. The maximum Gasteiger partial charge on any atom is 0.126 e. The van der Waals surface area contributed by atoms with E-state index in [1.807, 2.05) is 19.9 Å². The van der Waals surface area contributed by atoms with Gasteiger partial charge in [0.1, 0.15) is 5.82 Å². The summed E-state index contributed by atoms with van der Waals surface area (Å²) in [5.74, 6) is 0.342. The number of hydrogen-bond donors (Lipinski definition) is 0. The van der Waals surface area contributed by atoms with Gasteiger partial charge in [0.2, 0.25) is 0 Å². The zero-order valence-electron chi connectivity index (χ0n) is 7.32. The highest BCUT2D eigenvalue weighted by atomic mass is 35.5. The predicted octanol–water partition coefficient (Wildman–Crippen LogP) is 3.22. The molecule has 1 aromatic rings. The first kappa shape index (κ1) is 9.53. The Morgan fingerprint density at radius 3 is 2.50 bits per heavy atom. The van der Waals surface area contributed by atoms with E-state index in [0.29, 0.717) is 12.3 Å². The normalized spacial score (nSPS) is 10.3. The smallest absolute Gasteiger partial charge is 0.126 e. The van der Waals surface area contributed by atoms with Crippen LogP contribution in [0.3, 0.4) is 0 Å². The summed E-state index contributed by atoms with van der Waals surface area (Å²) in [6.07, 6.45) is 0.611. The number of benzene rings is 1. The van der Waals surface area contributed by atoms with Gasteiger partial charge >= 0.3 is 0 Å². The Hall–Kier alpha value is -0.560. The molecule has 0 heterocycles. The molecule has 0 fully saturated rings. The van der Waals surface area contributed by atoms with Gasteiger partial charge in [0, 0.05) is 5.88 Å². The molecule has 0 radical (unpaired) electrons. The van der Waals surface area contributed by atoms with E-state index in [2.05, 4.69) is 0 Å². The van der Waals surface area contributed by atoms with Gasteiger partial charge in [-0.25, -0.2) is 4.39 Å². The zero-order valence-corrected chi connectivity index (χ0v) is 8.08. The summed E-state index contributed by atoms with van der Waals surface area (Å²) >= 11 is 5.55. The molecule has 2 heteroatoms. The Morgan fingerprint density at radius 1 is 1.33 bits per heavy atom. The SMILES string of the molecule is Cc1cc(C)c(CCCl)c(F)c1. The molecule has 0 unspecified atom stereocenters. The monoisotopic (exact) mass is 186 g/mol. The van der Waals surface area contributed by atoms with Crippen LogP contribution >= 0.6 is 11.6 Å². The molecule has 66 valence electrons. The van der Waals surface area contributed by atoms with Gasteiger partial charge in [-0.15, -0.1) is 11.6 Å². The van der Waals surface area contributed by atoms with Gasteiger partial charge in [0.05, 0.1) is 0 Å². The first-order valence-corrected chi connectivity index (χ1v) is 4.50. The molecular formula is C10H12ClF. The van der Waals surface area contributed by atoms with Crippen LogP contribution in [0, 0.1) is 19.7 Å². The van der Waals surface area contributed by atoms with E-state index in [-0.39, 0.29) is 5.82 Å². The van der Waals surface area contributed by atoms with E-state index in [9.17, 15) is 4.39 Å². The van der Waals surface area contributed by atoms with Crippen molar-refractivity contribution in [2.24, 2.45) is 0 Å². The van der Waals surface area contributed by atoms with E-state index < -0.39 is 0 Å². The molecule has 0 spiro atoms. The summed E-state index contributed by atoms with van der Waals surface area (Å²) in [4.78, 5) is 0. The summed E-state index contributed by atoms with van der Waals surface area (Å²) < 4.78 is 13.2. The zero-order chi connectivity index (χ0) is 9.14. The van der Waals surface area contributed by atoms with Crippen molar-refractivity contribution in [2.75, 3.05) is 5.88 Å². The molecule has 0 aliphatic heterocycles. The Morgan fingerprint density at radius 2 is 2.00 bits per heavy atom. The number of alkyl halides is 1. The first-order chi connectivity index (χ1) is 5.65. The molecule has 1 aromatic carbocycles. The van der Waals surface area contributed by atoms with Gasteiger partial charge in [0.15, 0.2) is 0 Å². The van der Waals surface area contributed by atoms with Crippen molar-refractivity contribution in [1.82, 2.24) is 0 Å². The average molecular weight is 187 g/mol. The number of aryl methyl sites for hydroxylation is 2. The lowest BCUT2D eigenvalue weighted by Gasteiger charge is -2.06. The highest BCUT2D eigenvalue weighted by Gasteiger charge is 2.05. The molecule has 0 bridgehead atoms. The van der Waals surface area contributed by atoms with Crippen molar-refractivity contribution < 1.29 is 4.39 Å². The molecule has 0 aromatic heterocycles. The molecule has 1 rings (SSSR count). The van der Waals surface area contributed by atoms with Crippen molar-refractivity contribution in [3.8, 4) is 0 Å². The van der Waals surface area contributed by atoms with Crippen LogP contribution in [0.25, 0.3) is 0 Å². The van der Waals surface area contributed by atoms with Crippen LogP contribution in [0.5, 0.6) is 0 Å². The van der Waals surface area contributed by atoms with Crippen molar-refractivity contribution in [1.29, 1.82) is 0 Å². The van der Waals surface area contributed by atoms with Crippen molar-refractivity contribution >= 4 is 11.6 Å². The lowest BCUT2D eigenvalue weighted by molar-refractivity contribution is 0.609. The fraction of sp³-hybridized carbons (Fsp3) is 0.400. The molecule has 0 aliphatic carbocycles. The summed E-state index contributed by atoms with van der Waals surface area (Å²) in [6.45, 7) is 3.80. The third-order valence-electron chi connectivity index (χ3n) is 1.91. The van der Waals surface area contributed by atoms with Gasteiger partial charge < -0.3 is 0 Å². The van der Waals surface area contributed by atoms with Gasteiger partial charge in [0.25, 0.3) is 0 Å². The Bertz CT molecular complexity index is 258. The van der Waals surface area contributed by atoms with Crippen LogP contribution in [0.1, 0.15) is 16.7 Å². The van der Waals surface area contributed by atoms with Crippen molar-refractivity contribution in [3.63, 3.8) is 0 Å². The second-order valence-electron chi connectivity index (χ2n) is 2.98. The van der Waals surface area contributed by atoms with Gasteiger partial charge in [-0.1, -0.05) is 6.07 Å². The van der Waals surface area contributed by atoms with Crippen LogP contribution in [0.2, 0.25) is 0 Å². The third-order valence-corrected chi connectivity index (χ3v) is 2.10. The largest absolute Gasteiger partial charge is 0.207 e. The topological polar surface area (TPSA) is 0 Å². The number of halogens is 2. The standard InChI is InChI=1S/C10H12ClF/c1-7-5-8(2)9(3-4-11)10(12)6-7/h5-6H,3-4H2,1-2H3. The van der Waals surface area contributed by atoms with Crippen LogP contribution in [0.15, 0.2) is 12.1 Å². The summed E-state index contributed by atoms with van der Waals surface area (Å²) in [5.41, 5.74) is 2.70. The summed E-state index contributed by atoms with van der Waals surface area (Å²) in [5, 5.41) is 0. The molecule has 0 saturated heterocycles. The van der Waals surface area contributed by atoms with E-state index in [4.69, 9.17) is 11.6 Å². The fourth-order valence-electron chi connectivity index (χ4n) is 1.36. The molecule has 0 N–H and O–H groups in total. The van der Waals surface area contributed by atoms with Crippen molar-refractivity contribution in [3.05, 3.63) is 34.6 Å². The summed E-state index contributed by atoms with van der Waals surface area (Å²) in [7, 11) is 0. The Labute approximate surface area is 77.4 Å². The highest BCUT2D eigenvalue weighted by Crippen LogP contribution is 2.16. The Balaban J connectivity index is 3.10. The minimum atomic E-state index is -0.131. The lowest BCUT2D eigenvalue weighted by atomic mass is 10.0. The summed E-state index contributed by atoms with van der Waals surface area (Å²) in [6, 6.07) is 3.53. The molecular weight excluding hydrogens is 175 g/mol. The third kappa shape index (κ3) is 1.98. The first-order valence-electron chi connectivity index (χ1n) is 3.96. The van der Waals surface area contributed by atoms with Gasteiger partial charge in [-0.3, -0.25) is 0 Å². The fourth-order valence-corrected chi connectivity index (χ4v) is 1.55. The second-order valence-corrected chi connectivity index (χ2v) is 3.36. The molecule has 0 nitrogen and oxygen atoms in total. The maximum atomic E-state index is 13.2. The maximum absolute atomic E-state index is 13.2. The number of rotatable bonds is 2. The quantitative estimate of drug-likeness (QED) is 0.623. The Kier molecular flexibility index (Phi) is 3.10. The van der Waals surface area contributed by atoms with Crippen LogP contribution in [0.4, 0.5) is 4.39 Å². The van der Waals surface area contributed by atoms with Gasteiger partial charge in [-0.05, 0) is 43.0 Å². The number of hydrogen-bond acceptors (Lipinski definition) is 0. The van der Waals surface area contributed by atoms with Crippen LogP contribution in [-0.4, -0.2) is 5.88 Å². The van der Waals surface area contributed by atoms with E-state index in [1.54, 1.807) is 6.07 Å². The van der Waals surface area contributed by atoms with Crippen LogP contribution < -0.4 is 0 Å². The molecule has 0 saturated carbocycles. The molecule has 0 amide bonds.